The predicted molar refractivity (Wildman–Crippen MR) is 107 cm³/mol. The third-order valence-corrected chi connectivity index (χ3v) is 3.38. The Hall–Kier alpha value is -3.68. The molecule has 0 bridgehead atoms. The first kappa shape index (κ1) is 18.7. The standard InChI is InChI=1S/C18H22N8/c1-12(24-26-18(21)22)16-9-14(7-13-5-3-2-4-6-13)8-15(10-16)11-23-25-17(19)20/h2-6,8-11H,7H2,1H3,(H4,19,20,25)(H4,21,22,26)/b23-11-,24-12+. The monoisotopic (exact) mass is 350 g/mol. The van der Waals surface area contributed by atoms with Gasteiger partial charge in [-0.2, -0.15) is 10.2 Å². The lowest BCUT2D eigenvalue weighted by atomic mass is 9.98. The first-order chi connectivity index (χ1) is 12.4. The second-order valence-electron chi connectivity index (χ2n) is 5.61. The first-order valence-corrected chi connectivity index (χ1v) is 7.87. The van der Waals surface area contributed by atoms with Crippen molar-refractivity contribution in [3.8, 4) is 0 Å². The van der Waals surface area contributed by atoms with E-state index in [2.05, 4.69) is 32.5 Å². The van der Waals surface area contributed by atoms with Crippen LogP contribution in [0.1, 0.15) is 29.2 Å². The molecule has 0 aromatic heterocycles. The molecule has 0 radical (unpaired) electrons. The van der Waals surface area contributed by atoms with Crippen molar-refractivity contribution in [1.82, 2.24) is 0 Å². The van der Waals surface area contributed by atoms with Crippen molar-refractivity contribution in [2.24, 2.45) is 43.3 Å². The van der Waals surface area contributed by atoms with Gasteiger partial charge in [-0.25, -0.2) is 0 Å². The van der Waals surface area contributed by atoms with E-state index in [0.717, 1.165) is 23.1 Å². The summed E-state index contributed by atoms with van der Waals surface area (Å²) in [5.41, 5.74) is 25.9. The van der Waals surface area contributed by atoms with E-state index in [-0.39, 0.29) is 11.9 Å². The fourth-order valence-corrected chi connectivity index (χ4v) is 2.29. The zero-order valence-corrected chi connectivity index (χ0v) is 14.5. The summed E-state index contributed by atoms with van der Waals surface area (Å²) in [6.45, 7) is 1.82. The number of hydrogen-bond donors (Lipinski definition) is 4. The highest BCUT2D eigenvalue weighted by molar-refractivity contribution is 6.00. The highest BCUT2D eigenvalue weighted by atomic mass is 15.3. The van der Waals surface area contributed by atoms with E-state index >= 15 is 0 Å². The topological polar surface area (TPSA) is 154 Å². The summed E-state index contributed by atoms with van der Waals surface area (Å²) in [6.07, 6.45) is 2.33. The van der Waals surface area contributed by atoms with Gasteiger partial charge in [0.15, 0.2) is 0 Å². The Morgan fingerprint density at radius 3 is 2.19 bits per heavy atom. The maximum absolute atomic E-state index is 5.34. The number of rotatable bonds is 6. The highest BCUT2D eigenvalue weighted by Crippen LogP contribution is 2.15. The number of hydrogen-bond acceptors (Lipinski definition) is 4. The molecule has 8 N–H and O–H groups in total. The molecule has 0 spiro atoms. The maximum Gasteiger partial charge on any atom is 0.211 e. The minimum atomic E-state index is -0.104. The molecule has 0 saturated carbocycles. The zero-order chi connectivity index (χ0) is 18.9. The van der Waals surface area contributed by atoms with E-state index in [9.17, 15) is 0 Å². The van der Waals surface area contributed by atoms with Crippen LogP contribution >= 0.6 is 0 Å². The van der Waals surface area contributed by atoms with Gasteiger partial charge in [-0.3, -0.25) is 0 Å². The lowest BCUT2D eigenvalue weighted by Crippen LogP contribution is -2.22. The highest BCUT2D eigenvalue weighted by Gasteiger charge is 2.05. The summed E-state index contributed by atoms with van der Waals surface area (Å²) in [7, 11) is 0. The fraction of sp³-hybridized carbons (Fsp3) is 0.111. The fourth-order valence-electron chi connectivity index (χ4n) is 2.29. The molecule has 0 fully saturated rings. The first-order valence-electron chi connectivity index (χ1n) is 7.87. The van der Waals surface area contributed by atoms with Crippen LogP contribution in [0.5, 0.6) is 0 Å². The normalized spacial score (nSPS) is 11.3. The van der Waals surface area contributed by atoms with Crippen LogP contribution in [0.25, 0.3) is 0 Å². The molecule has 8 nitrogen and oxygen atoms in total. The molecule has 0 saturated heterocycles. The van der Waals surface area contributed by atoms with Crippen molar-refractivity contribution >= 4 is 23.8 Å². The van der Waals surface area contributed by atoms with E-state index < -0.39 is 0 Å². The second-order valence-corrected chi connectivity index (χ2v) is 5.61. The van der Waals surface area contributed by atoms with Crippen molar-refractivity contribution in [3.63, 3.8) is 0 Å². The molecule has 0 unspecified atom stereocenters. The molecule has 0 atom stereocenters. The Labute approximate surface area is 152 Å². The molecule has 0 amide bonds. The molecular weight excluding hydrogens is 328 g/mol. The Bertz CT molecular complexity index is 858. The van der Waals surface area contributed by atoms with Gasteiger partial charge in [-0.05, 0) is 53.8 Å². The van der Waals surface area contributed by atoms with Gasteiger partial charge in [0.1, 0.15) is 0 Å². The molecule has 2 rings (SSSR count). The lowest BCUT2D eigenvalue weighted by molar-refractivity contribution is 1.17. The van der Waals surface area contributed by atoms with E-state index in [1.807, 2.05) is 43.3 Å². The quantitative estimate of drug-likeness (QED) is 0.347. The molecule has 0 aliphatic rings. The Balaban J connectivity index is 2.41. The summed E-state index contributed by atoms with van der Waals surface area (Å²) in [4.78, 5) is 0. The SMILES string of the molecule is C/C(=N\N=C(N)N)c1cc(/C=N\N=C(N)N)cc(Cc2ccccc2)c1. The number of benzene rings is 2. The summed E-state index contributed by atoms with van der Waals surface area (Å²) in [5, 5.41) is 15.2. The van der Waals surface area contributed by atoms with Gasteiger partial charge in [-0.1, -0.05) is 30.3 Å². The van der Waals surface area contributed by atoms with Crippen LogP contribution < -0.4 is 22.9 Å². The molecule has 0 aliphatic heterocycles. The van der Waals surface area contributed by atoms with Crippen LogP contribution in [-0.2, 0) is 6.42 Å². The van der Waals surface area contributed by atoms with Gasteiger partial charge in [-0.15, -0.1) is 10.2 Å². The van der Waals surface area contributed by atoms with Crippen LogP contribution in [0.15, 0.2) is 68.9 Å². The van der Waals surface area contributed by atoms with Crippen LogP contribution in [0.3, 0.4) is 0 Å². The predicted octanol–water partition coefficient (Wildman–Crippen LogP) is 0.882. The molecule has 8 heteroatoms. The summed E-state index contributed by atoms with van der Waals surface area (Å²) >= 11 is 0. The van der Waals surface area contributed by atoms with Crippen LogP contribution in [0.4, 0.5) is 0 Å². The molecule has 134 valence electrons. The van der Waals surface area contributed by atoms with E-state index in [4.69, 9.17) is 22.9 Å². The number of nitrogens with two attached hydrogens (primary N) is 4. The second kappa shape index (κ2) is 8.97. The average Bonchev–Trinajstić information content (AvgIpc) is 2.60. The van der Waals surface area contributed by atoms with Gasteiger partial charge in [0.2, 0.25) is 11.9 Å². The smallest absolute Gasteiger partial charge is 0.211 e. The third-order valence-electron chi connectivity index (χ3n) is 3.38. The molecule has 0 heterocycles. The summed E-state index contributed by atoms with van der Waals surface area (Å²) in [5.74, 6) is -0.202. The van der Waals surface area contributed by atoms with E-state index in [0.29, 0.717) is 5.71 Å². The molecule has 26 heavy (non-hydrogen) atoms. The Morgan fingerprint density at radius 1 is 0.846 bits per heavy atom. The molecule has 0 aliphatic carbocycles. The Kier molecular flexibility index (Phi) is 6.44. The van der Waals surface area contributed by atoms with Gasteiger partial charge >= 0.3 is 0 Å². The lowest BCUT2D eigenvalue weighted by Gasteiger charge is -2.07. The average molecular weight is 350 g/mol. The van der Waals surface area contributed by atoms with Gasteiger partial charge in [0.25, 0.3) is 0 Å². The van der Waals surface area contributed by atoms with Crippen molar-refractivity contribution in [1.29, 1.82) is 0 Å². The Morgan fingerprint density at radius 2 is 1.54 bits per heavy atom. The summed E-state index contributed by atoms with van der Waals surface area (Å²) in [6, 6.07) is 16.1. The third kappa shape index (κ3) is 6.08. The zero-order valence-electron chi connectivity index (χ0n) is 14.5. The minimum absolute atomic E-state index is 0.0978. The molecule has 2 aromatic rings. The van der Waals surface area contributed by atoms with Gasteiger partial charge in [0.05, 0.1) is 11.9 Å². The summed E-state index contributed by atoms with van der Waals surface area (Å²) < 4.78 is 0. The van der Waals surface area contributed by atoms with E-state index in [1.54, 1.807) is 6.21 Å². The largest absolute Gasteiger partial charge is 0.369 e. The van der Waals surface area contributed by atoms with E-state index in [1.165, 1.54) is 5.56 Å². The number of guanidine groups is 2. The van der Waals surface area contributed by atoms with Crippen molar-refractivity contribution in [2.45, 2.75) is 13.3 Å². The number of nitrogens with zero attached hydrogens (tertiary/aromatic N) is 4. The van der Waals surface area contributed by atoms with Crippen molar-refractivity contribution < 1.29 is 0 Å². The van der Waals surface area contributed by atoms with Gasteiger partial charge in [0, 0.05) is 0 Å². The van der Waals surface area contributed by atoms with Crippen LogP contribution in [-0.4, -0.2) is 23.8 Å². The molecular formula is C18H22N8. The van der Waals surface area contributed by atoms with Gasteiger partial charge < -0.3 is 22.9 Å². The molecule has 2 aromatic carbocycles. The van der Waals surface area contributed by atoms with Crippen LogP contribution in [0.2, 0.25) is 0 Å². The maximum atomic E-state index is 5.34. The minimum Gasteiger partial charge on any atom is -0.369 e. The van der Waals surface area contributed by atoms with Crippen molar-refractivity contribution in [2.75, 3.05) is 0 Å². The van der Waals surface area contributed by atoms with Crippen LogP contribution in [0, 0.1) is 0 Å². The van der Waals surface area contributed by atoms with Crippen molar-refractivity contribution in [3.05, 3.63) is 70.8 Å².